The highest BCUT2D eigenvalue weighted by Crippen LogP contribution is 2.31. The van der Waals surface area contributed by atoms with Crippen LogP contribution in [-0.2, 0) is 17.1 Å². The topological polar surface area (TPSA) is 148 Å². The standard InChI is InChI=1S/C24H19Cl2N7O4S/c1-13(18-10-9-16(12-29-18)38(27,36)37)32-22-20(23(34)31(2)24(32)35)33(15-7-5-14(25)6-8-15)21(30-22)19-17(26)4-3-11-28-19/h3-13H,1-2H3,(H2,27,36,37). The summed E-state index contributed by atoms with van der Waals surface area (Å²) in [5.74, 6) is 0.231. The van der Waals surface area contributed by atoms with Crippen molar-refractivity contribution in [3.05, 3.63) is 97.5 Å². The third-order valence-electron chi connectivity index (χ3n) is 6.05. The molecule has 38 heavy (non-hydrogen) atoms. The fourth-order valence-corrected chi connectivity index (χ4v) is 4.89. The maximum absolute atomic E-state index is 13.5. The largest absolute Gasteiger partial charge is 0.333 e. The van der Waals surface area contributed by atoms with Gasteiger partial charge in [0.05, 0.1) is 16.8 Å². The molecule has 0 spiro atoms. The number of hydrogen-bond acceptors (Lipinski definition) is 7. The van der Waals surface area contributed by atoms with Gasteiger partial charge in [0.15, 0.2) is 17.0 Å². The molecule has 1 unspecified atom stereocenters. The average molecular weight is 572 g/mol. The lowest BCUT2D eigenvalue weighted by atomic mass is 10.2. The molecule has 0 saturated carbocycles. The van der Waals surface area contributed by atoms with Crippen molar-refractivity contribution in [1.29, 1.82) is 0 Å². The first-order chi connectivity index (χ1) is 18.0. The van der Waals surface area contributed by atoms with Gasteiger partial charge in [-0.15, -0.1) is 0 Å². The minimum absolute atomic E-state index is 0.0644. The normalized spacial score (nSPS) is 12.7. The maximum atomic E-state index is 13.5. The number of nitrogens with zero attached hydrogens (tertiary/aromatic N) is 6. The fourth-order valence-electron chi connectivity index (χ4n) is 4.11. The van der Waals surface area contributed by atoms with Crippen molar-refractivity contribution in [3.8, 4) is 17.2 Å². The molecule has 14 heteroatoms. The Morgan fingerprint density at radius 2 is 1.71 bits per heavy atom. The van der Waals surface area contributed by atoms with Gasteiger partial charge in [0.25, 0.3) is 5.56 Å². The van der Waals surface area contributed by atoms with E-state index in [0.717, 1.165) is 10.8 Å². The van der Waals surface area contributed by atoms with E-state index >= 15 is 0 Å². The zero-order chi connectivity index (χ0) is 27.4. The third-order valence-corrected chi connectivity index (χ3v) is 7.50. The van der Waals surface area contributed by atoms with Crippen molar-refractivity contribution >= 4 is 44.4 Å². The van der Waals surface area contributed by atoms with E-state index in [1.807, 2.05) is 0 Å². The van der Waals surface area contributed by atoms with Crippen molar-refractivity contribution in [2.45, 2.75) is 17.9 Å². The van der Waals surface area contributed by atoms with E-state index in [1.54, 1.807) is 47.9 Å². The van der Waals surface area contributed by atoms with Crippen LogP contribution in [-0.4, -0.2) is 37.1 Å². The Labute approximate surface area is 225 Å². The molecule has 4 aromatic heterocycles. The molecule has 1 atom stereocenters. The Balaban J connectivity index is 1.86. The van der Waals surface area contributed by atoms with E-state index in [4.69, 9.17) is 33.3 Å². The number of imidazole rings is 1. The summed E-state index contributed by atoms with van der Waals surface area (Å²) in [5.41, 5.74) is 0.106. The van der Waals surface area contributed by atoms with Crippen LogP contribution in [0.2, 0.25) is 10.0 Å². The molecule has 5 aromatic rings. The van der Waals surface area contributed by atoms with E-state index in [2.05, 4.69) is 9.97 Å². The second-order valence-electron chi connectivity index (χ2n) is 8.41. The number of primary sulfonamides is 1. The Kier molecular flexibility index (Phi) is 6.43. The van der Waals surface area contributed by atoms with Crippen LogP contribution < -0.4 is 16.4 Å². The number of sulfonamides is 1. The van der Waals surface area contributed by atoms with Crippen molar-refractivity contribution in [2.24, 2.45) is 12.2 Å². The lowest BCUT2D eigenvalue weighted by molar-refractivity contribution is 0.566. The van der Waals surface area contributed by atoms with Gasteiger partial charge in [-0.1, -0.05) is 23.2 Å². The summed E-state index contributed by atoms with van der Waals surface area (Å²) in [5, 5.41) is 5.96. The van der Waals surface area contributed by atoms with Crippen molar-refractivity contribution in [1.82, 2.24) is 28.7 Å². The zero-order valence-corrected chi connectivity index (χ0v) is 22.2. The van der Waals surface area contributed by atoms with E-state index in [0.29, 0.717) is 22.1 Å². The van der Waals surface area contributed by atoms with E-state index < -0.39 is 27.3 Å². The molecule has 0 aliphatic rings. The minimum Gasteiger partial charge on any atom is -0.285 e. The molecule has 0 bridgehead atoms. The number of aromatic nitrogens is 6. The zero-order valence-electron chi connectivity index (χ0n) is 19.9. The van der Waals surface area contributed by atoms with E-state index in [1.165, 1.54) is 29.9 Å². The quantitative estimate of drug-likeness (QED) is 0.341. The number of fused-ring (bicyclic) bond motifs is 1. The minimum atomic E-state index is -3.96. The van der Waals surface area contributed by atoms with Crippen LogP contribution in [0.5, 0.6) is 0 Å². The number of halogens is 2. The van der Waals surface area contributed by atoms with Crippen LogP contribution in [0, 0.1) is 0 Å². The summed E-state index contributed by atoms with van der Waals surface area (Å²) in [7, 11) is -2.60. The molecule has 0 aliphatic heterocycles. The summed E-state index contributed by atoms with van der Waals surface area (Å²) < 4.78 is 27.2. The monoisotopic (exact) mass is 571 g/mol. The van der Waals surface area contributed by atoms with Crippen LogP contribution in [0.4, 0.5) is 0 Å². The predicted octanol–water partition coefficient (Wildman–Crippen LogP) is 2.91. The number of benzene rings is 1. The van der Waals surface area contributed by atoms with Crippen molar-refractivity contribution < 1.29 is 8.42 Å². The lowest BCUT2D eigenvalue weighted by Crippen LogP contribution is -2.40. The molecule has 194 valence electrons. The van der Waals surface area contributed by atoms with Crippen molar-refractivity contribution in [2.75, 3.05) is 0 Å². The molecule has 0 aliphatic carbocycles. The molecular formula is C24H19Cl2N7O4S. The second kappa shape index (κ2) is 9.48. The first-order valence-corrected chi connectivity index (χ1v) is 13.4. The molecule has 5 rings (SSSR count). The van der Waals surface area contributed by atoms with Gasteiger partial charge in [-0.25, -0.2) is 23.3 Å². The van der Waals surface area contributed by atoms with Gasteiger partial charge in [0.2, 0.25) is 10.0 Å². The Morgan fingerprint density at radius 1 is 1.00 bits per heavy atom. The first kappa shape index (κ1) is 25.8. The number of pyridine rings is 2. The Hall–Kier alpha value is -3.84. The molecule has 0 fully saturated rings. The highest BCUT2D eigenvalue weighted by molar-refractivity contribution is 7.89. The molecular weight excluding hydrogens is 553 g/mol. The van der Waals surface area contributed by atoms with Crippen LogP contribution in [0.25, 0.3) is 28.4 Å². The molecule has 2 N–H and O–H groups in total. The summed E-state index contributed by atoms with van der Waals surface area (Å²) >= 11 is 12.6. The summed E-state index contributed by atoms with van der Waals surface area (Å²) in [6.45, 7) is 1.68. The average Bonchev–Trinajstić information content (AvgIpc) is 3.27. The van der Waals surface area contributed by atoms with Crippen LogP contribution >= 0.6 is 23.2 Å². The Bertz CT molecular complexity index is 1930. The summed E-state index contributed by atoms with van der Waals surface area (Å²) in [6.07, 6.45) is 2.65. The molecule has 11 nitrogen and oxygen atoms in total. The van der Waals surface area contributed by atoms with Crippen LogP contribution in [0.3, 0.4) is 0 Å². The van der Waals surface area contributed by atoms with Gasteiger partial charge in [0, 0.05) is 30.2 Å². The van der Waals surface area contributed by atoms with Gasteiger partial charge in [-0.05, 0) is 55.5 Å². The second-order valence-corrected chi connectivity index (χ2v) is 10.8. The predicted molar refractivity (Wildman–Crippen MR) is 143 cm³/mol. The highest BCUT2D eigenvalue weighted by atomic mass is 35.5. The summed E-state index contributed by atoms with van der Waals surface area (Å²) in [4.78, 5) is 40.0. The molecule has 1 aromatic carbocycles. The molecule has 0 amide bonds. The maximum Gasteiger partial charge on any atom is 0.333 e. The molecule has 4 heterocycles. The number of hydrogen-bond donors (Lipinski definition) is 1. The number of nitrogens with two attached hydrogens (primary N) is 1. The van der Waals surface area contributed by atoms with Gasteiger partial charge in [-0.2, -0.15) is 0 Å². The van der Waals surface area contributed by atoms with Gasteiger partial charge >= 0.3 is 5.69 Å². The third kappa shape index (κ3) is 4.31. The summed E-state index contributed by atoms with van der Waals surface area (Å²) in [6, 6.07) is 12.0. The van der Waals surface area contributed by atoms with Crippen molar-refractivity contribution in [3.63, 3.8) is 0 Å². The number of rotatable bonds is 5. The van der Waals surface area contributed by atoms with E-state index in [9.17, 15) is 18.0 Å². The first-order valence-electron chi connectivity index (χ1n) is 11.1. The SMILES string of the molecule is CC(c1ccc(S(N)(=O)=O)cn1)n1c(=O)n(C)c(=O)c2c1nc(-c1ncccc1Cl)n2-c1ccc(Cl)cc1. The van der Waals surface area contributed by atoms with Crippen LogP contribution in [0.15, 0.2) is 75.4 Å². The highest BCUT2D eigenvalue weighted by Gasteiger charge is 2.27. The van der Waals surface area contributed by atoms with Gasteiger partial charge in [-0.3, -0.25) is 28.5 Å². The molecule has 0 saturated heterocycles. The van der Waals surface area contributed by atoms with Gasteiger partial charge in [0.1, 0.15) is 10.6 Å². The van der Waals surface area contributed by atoms with Crippen LogP contribution in [0.1, 0.15) is 18.7 Å². The van der Waals surface area contributed by atoms with Gasteiger partial charge < -0.3 is 0 Å². The fraction of sp³-hybridized carbons (Fsp3) is 0.125. The lowest BCUT2D eigenvalue weighted by Gasteiger charge is -2.17. The Morgan fingerprint density at radius 3 is 2.32 bits per heavy atom. The van der Waals surface area contributed by atoms with E-state index in [-0.39, 0.29) is 26.9 Å². The molecule has 0 radical (unpaired) electrons. The smallest absolute Gasteiger partial charge is 0.285 e.